The molecule has 2 atom stereocenters. The monoisotopic (exact) mass is 254 g/mol. The van der Waals surface area contributed by atoms with Gasteiger partial charge in [-0.05, 0) is 37.0 Å². The first-order valence-corrected chi connectivity index (χ1v) is 6.52. The van der Waals surface area contributed by atoms with Crippen molar-refractivity contribution in [3.05, 3.63) is 34.3 Å². The van der Waals surface area contributed by atoms with Gasteiger partial charge in [0.05, 0.1) is 12.2 Å². The van der Waals surface area contributed by atoms with Crippen molar-refractivity contribution in [2.45, 2.75) is 32.3 Å². The quantitative estimate of drug-likeness (QED) is 0.897. The molecule has 2 rings (SSSR count). The summed E-state index contributed by atoms with van der Waals surface area (Å²) >= 11 is 6.14. The summed E-state index contributed by atoms with van der Waals surface area (Å²) in [6, 6.07) is 5.83. The lowest BCUT2D eigenvalue weighted by Gasteiger charge is -2.33. The molecule has 0 saturated carbocycles. The normalized spacial score (nSPS) is 23.6. The Hall–Kier alpha value is -0.570. The van der Waals surface area contributed by atoms with Crippen molar-refractivity contribution < 1.29 is 9.84 Å². The van der Waals surface area contributed by atoms with Crippen LogP contribution < -0.4 is 0 Å². The molecule has 0 amide bonds. The maximum Gasteiger partial charge on any atom is 0.0945 e. The van der Waals surface area contributed by atoms with Crippen LogP contribution in [0.1, 0.15) is 30.9 Å². The Morgan fingerprint density at radius 2 is 2.29 bits per heavy atom. The Balaban J connectivity index is 2.35. The van der Waals surface area contributed by atoms with E-state index in [1.54, 1.807) is 0 Å². The van der Waals surface area contributed by atoms with Gasteiger partial charge in [0, 0.05) is 17.5 Å². The highest BCUT2D eigenvalue weighted by molar-refractivity contribution is 6.31. The van der Waals surface area contributed by atoms with Crippen LogP contribution in [0, 0.1) is 12.8 Å². The van der Waals surface area contributed by atoms with E-state index in [1.807, 2.05) is 32.0 Å². The average Bonchev–Trinajstić information content (AvgIpc) is 2.86. The molecule has 0 spiro atoms. The lowest BCUT2D eigenvalue weighted by atomic mass is 9.78. The third-order valence-electron chi connectivity index (χ3n) is 3.82. The second kappa shape index (κ2) is 4.97. The minimum atomic E-state index is -0.812. The molecule has 0 aliphatic carbocycles. The molecule has 1 saturated heterocycles. The first-order valence-electron chi connectivity index (χ1n) is 6.14. The number of ether oxygens (including phenoxy) is 1. The highest BCUT2D eigenvalue weighted by atomic mass is 35.5. The van der Waals surface area contributed by atoms with Crippen molar-refractivity contribution in [1.29, 1.82) is 0 Å². The van der Waals surface area contributed by atoms with Gasteiger partial charge in [0.2, 0.25) is 0 Å². The van der Waals surface area contributed by atoms with E-state index in [0.29, 0.717) is 18.1 Å². The van der Waals surface area contributed by atoms with Gasteiger partial charge in [0.25, 0.3) is 0 Å². The predicted molar refractivity (Wildman–Crippen MR) is 69.3 cm³/mol. The van der Waals surface area contributed by atoms with Crippen LogP contribution in [-0.4, -0.2) is 18.3 Å². The molecule has 2 nitrogen and oxygen atoms in total. The van der Waals surface area contributed by atoms with Crippen LogP contribution in [-0.2, 0) is 10.3 Å². The number of halogens is 1. The zero-order chi connectivity index (χ0) is 12.5. The molecule has 1 aromatic carbocycles. The summed E-state index contributed by atoms with van der Waals surface area (Å²) in [4.78, 5) is 0. The number of benzene rings is 1. The van der Waals surface area contributed by atoms with Crippen molar-refractivity contribution in [1.82, 2.24) is 0 Å². The van der Waals surface area contributed by atoms with Crippen molar-refractivity contribution >= 4 is 11.6 Å². The van der Waals surface area contributed by atoms with Gasteiger partial charge in [-0.2, -0.15) is 0 Å². The van der Waals surface area contributed by atoms with Crippen molar-refractivity contribution in [2.24, 2.45) is 5.92 Å². The van der Waals surface area contributed by atoms with Gasteiger partial charge in [-0.25, -0.2) is 0 Å². The minimum Gasteiger partial charge on any atom is -0.385 e. The van der Waals surface area contributed by atoms with E-state index in [1.165, 1.54) is 0 Å². The van der Waals surface area contributed by atoms with Crippen LogP contribution in [0.15, 0.2) is 18.2 Å². The summed E-state index contributed by atoms with van der Waals surface area (Å²) in [6.45, 7) is 5.35. The molecule has 1 aromatic rings. The first kappa shape index (κ1) is 12.9. The number of hydrogen-bond acceptors (Lipinski definition) is 2. The summed E-state index contributed by atoms with van der Waals surface area (Å²) in [5.41, 5.74) is 1.14. The molecule has 1 aliphatic rings. The van der Waals surface area contributed by atoms with Gasteiger partial charge in [0.1, 0.15) is 0 Å². The fraction of sp³-hybridized carbons (Fsp3) is 0.571. The van der Waals surface area contributed by atoms with Gasteiger partial charge in [0.15, 0.2) is 0 Å². The van der Waals surface area contributed by atoms with Crippen molar-refractivity contribution in [3.63, 3.8) is 0 Å². The maximum atomic E-state index is 10.9. The summed E-state index contributed by atoms with van der Waals surface area (Å²) < 4.78 is 5.39. The van der Waals surface area contributed by atoms with Crippen LogP contribution in [0.5, 0.6) is 0 Å². The summed E-state index contributed by atoms with van der Waals surface area (Å²) in [5, 5.41) is 11.6. The Labute approximate surface area is 108 Å². The SMILES string of the molecule is CCC(O)(c1ccc(C)c(Cl)c1)C1CCOC1. The average molecular weight is 255 g/mol. The highest BCUT2D eigenvalue weighted by Gasteiger charge is 2.39. The van der Waals surface area contributed by atoms with Gasteiger partial charge in [-0.1, -0.05) is 30.7 Å². The Morgan fingerprint density at radius 3 is 2.82 bits per heavy atom. The largest absolute Gasteiger partial charge is 0.385 e. The first-order chi connectivity index (χ1) is 8.08. The smallest absolute Gasteiger partial charge is 0.0945 e. The van der Waals surface area contributed by atoms with Crippen LogP contribution in [0.4, 0.5) is 0 Å². The second-order valence-corrected chi connectivity index (χ2v) is 5.21. The maximum absolute atomic E-state index is 10.9. The third-order valence-corrected chi connectivity index (χ3v) is 4.22. The van der Waals surface area contributed by atoms with Crippen LogP contribution >= 0.6 is 11.6 Å². The second-order valence-electron chi connectivity index (χ2n) is 4.80. The lowest BCUT2D eigenvalue weighted by molar-refractivity contribution is -0.0307. The Kier molecular flexibility index (Phi) is 3.76. The fourth-order valence-electron chi connectivity index (χ4n) is 2.50. The molecule has 1 aliphatic heterocycles. The molecule has 0 radical (unpaired) electrons. The van der Waals surface area contributed by atoms with Crippen LogP contribution in [0.3, 0.4) is 0 Å². The number of aryl methyl sites for hydroxylation is 1. The number of hydrogen-bond donors (Lipinski definition) is 1. The molecule has 3 heteroatoms. The van der Waals surface area contributed by atoms with Crippen LogP contribution in [0.25, 0.3) is 0 Å². The molecule has 94 valence electrons. The van der Waals surface area contributed by atoms with E-state index in [0.717, 1.165) is 24.2 Å². The summed E-state index contributed by atoms with van der Waals surface area (Å²) in [7, 11) is 0. The number of aliphatic hydroxyl groups is 1. The van der Waals surface area contributed by atoms with E-state index in [4.69, 9.17) is 16.3 Å². The van der Waals surface area contributed by atoms with E-state index in [2.05, 4.69) is 0 Å². The Morgan fingerprint density at radius 1 is 1.53 bits per heavy atom. The molecule has 2 unspecified atom stereocenters. The number of rotatable bonds is 3. The standard InChI is InChI=1S/C14H19ClO2/c1-3-14(16,12-6-7-17-9-12)11-5-4-10(2)13(15)8-11/h4-5,8,12,16H,3,6-7,9H2,1-2H3. The predicted octanol–water partition coefficient (Wildman–Crippen LogP) is 3.28. The topological polar surface area (TPSA) is 29.5 Å². The minimum absolute atomic E-state index is 0.172. The Bertz CT molecular complexity index is 399. The van der Waals surface area contributed by atoms with Crippen molar-refractivity contribution in [3.8, 4) is 0 Å². The molecule has 1 fully saturated rings. The molecule has 0 aromatic heterocycles. The van der Waals surface area contributed by atoms with Gasteiger partial charge in [-0.15, -0.1) is 0 Å². The molecule has 1 heterocycles. The van der Waals surface area contributed by atoms with Crippen molar-refractivity contribution in [2.75, 3.05) is 13.2 Å². The summed E-state index contributed by atoms with van der Waals surface area (Å²) in [5.74, 6) is 0.172. The molecular formula is C14H19ClO2. The zero-order valence-corrected chi connectivity index (χ0v) is 11.1. The molecular weight excluding hydrogens is 236 g/mol. The fourth-order valence-corrected chi connectivity index (χ4v) is 2.68. The molecule has 17 heavy (non-hydrogen) atoms. The van der Waals surface area contributed by atoms with E-state index >= 15 is 0 Å². The zero-order valence-electron chi connectivity index (χ0n) is 10.4. The van der Waals surface area contributed by atoms with E-state index in [-0.39, 0.29) is 5.92 Å². The third kappa shape index (κ3) is 2.35. The molecule has 0 bridgehead atoms. The van der Waals surface area contributed by atoms with Gasteiger partial charge >= 0.3 is 0 Å². The van der Waals surface area contributed by atoms with Gasteiger partial charge in [-0.3, -0.25) is 0 Å². The van der Waals surface area contributed by atoms with Gasteiger partial charge < -0.3 is 9.84 Å². The van der Waals surface area contributed by atoms with E-state index < -0.39 is 5.60 Å². The van der Waals surface area contributed by atoms with Crippen LogP contribution in [0.2, 0.25) is 5.02 Å². The lowest BCUT2D eigenvalue weighted by Crippen LogP contribution is -2.35. The summed E-state index contributed by atoms with van der Waals surface area (Å²) in [6.07, 6.45) is 1.59. The van der Waals surface area contributed by atoms with E-state index in [9.17, 15) is 5.11 Å². The molecule has 1 N–H and O–H groups in total. The highest BCUT2D eigenvalue weighted by Crippen LogP contribution is 2.38.